The quantitative estimate of drug-likeness (QED) is 0.386. The molecule has 0 radical (unpaired) electrons. The number of rotatable bonds is 12. The standard InChI is InChI=1S/C19H33NS/c1-4-6-7-8-9-13-18(20-15-5-2)16-21-19-14-11-10-12-17(19)3/h10-12,14,18,20H,4-9,13,15-16H2,1-3H3. The smallest absolute Gasteiger partial charge is 0.0161 e. The Morgan fingerprint density at radius 1 is 1.00 bits per heavy atom. The lowest BCUT2D eigenvalue weighted by Crippen LogP contribution is -2.32. The molecule has 0 aliphatic carbocycles. The van der Waals surface area contributed by atoms with Crippen LogP contribution in [0.5, 0.6) is 0 Å². The molecule has 0 bridgehead atoms. The van der Waals surface area contributed by atoms with E-state index in [2.05, 4.69) is 50.4 Å². The summed E-state index contributed by atoms with van der Waals surface area (Å²) < 4.78 is 0. The molecule has 0 aromatic heterocycles. The van der Waals surface area contributed by atoms with Gasteiger partial charge >= 0.3 is 0 Å². The molecule has 1 nitrogen and oxygen atoms in total. The number of thioether (sulfide) groups is 1. The van der Waals surface area contributed by atoms with Crippen LogP contribution in [0.3, 0.4) is 0 Å². The van der Waals surface area contributed by atoms with Crippen molar-refractivity contribution in [1.29, 1.82) is 0 Å². The Hall–Kier alpha value is -0.470. The highest BCUT2D eigenvalue weighted by Gasteiger charge is 2.09. The Labute approximate surface area is 136 Å². The number of hydrogen-bond donors (Lipinski definition) is 1. The summed E-state index contributed by atoms with van der Waals surface area (Å²) in [5.74, 6) is 1.19. The lowest BCUT2D eigenvalue weighted by Gasteiger charge is -2.18. The van der Waals surface area contributed by atoms with E-state index >= 15 is 0 Å². The summed E-state index contributed by atoms with van der Waals surface area (Å²) >= 11 is 2.01. The Morgan fingerprint density at radius 3 is 2.48 bits per heavy atom. The Kier molecular flexibility index (Phi) is 10.7. The lowest BCUT2D eigenvalue weighted by atomic mass is 10.1. The molecule has 120 valence electrons. The van der Waals surface area contributed by atoms with Gasteiger partial charge in [0.25, 0.3) is 0 Å². The molecule has 1 atom stereocenters. The van der Waals surface area contributed by atoms with E-state index in [1.807, 2.05) is 11.8 Å². The molecule has 0 saturated carbocycles. The molecular weight excluding hydrogens is 274 g/mol. The predicted molar refractivity (Wildman–Crippen MR) is 97.4 cm³/mol. The van der Waals surface area contributed by atoms with Crippen LogP contribution in [0.4, 0.5) is 0 Å². The molecule has 1 N–H and O–H groups in total. The molecule has 0 heterocycles. The van der Waals surface area contributed by atoms with Crippen molar-refractivity contribution in [2.75, 3.05) is 12.3 Å². The first-order valence-electron chi connectivity index (χ1n) is 8.69. The van der Waals surface area contributed by atoms with Crippen molar-refractivity contribution >= 4 is 11.8 Å². The number of benzene rings is 1. The zero-order valence-corrected chi connectivity index (χ0v) is 15.0. The van der Waals surface area contributed by atoms with Gasteiger partial charge in [-0.05, 0) is 37.9 Å². The monoisotopic (exact) mass is 307 g/mol. The molecule has 0 aliphatic rings. The molecule has 1 aromatic carbocycles. The second-order valence-corrected chi connectivity index (χ2v) is 6.99. The maximum Gasteiger partial charge on any atom is 0.0161 e. The van der Waals surface area contributed by atoms with Crippen LogP contribution in [0.2, 0.25) is 0 Å². The van der Waals surface area contributed by atoms with Crippen molar-refractivity contribution in [2.45, 2.75) is 76.7 Å². The fourth-order valence-electron chi connectivity index (χ4n) is 2.50. The van der Waals surface area contributed by atoms with Gasteiger partial charge in [-0.2, -0.15) is 0 Å². The second kappa shape index (κ2) is 12.1. The van der Waals surface area contributed by atoms with Crippen LogP contribution in [-0.4, -0.2) is 18.3 Å². The van der Waals surface area contributed by atoms with Gasteiger partial charge in [-0.3, -0.25) is 0 Å². The van der Waals surface area contributed by atoms with Crippen molar-refractivity contribution in [1.82, 2.24) is 5.32 Å². The highest BCUT2D eigenvalue weighted by Crippen LogP contribution is 2.23. The van der Waals surface area contributed by atoms with Crippen LogP contribution in [-0.2, 0) is 0 Å². The predicted octanol–water partition coefficient (Wildman–Crippen LogP) is 5.82. The summed E-state index contributed by atoms with van der Waals surface area (Å²) in [6.07, 6.45) is 9.44. The van der Waals surface area contributed by atoms with Crippen LogP contribution >= 0.6 is 11.8 Å². The van der Waals surface area contributed by atoms with E-state index in [1.165, 1.54) is 61.2 Å². The molecule has 2 heteroatoms. The first-order chi connectivity index (χ1) is 10.3. The van der Waals surface area contributed by atoms with Crippen molar-refractivity contribution in [3.8, 4) is 0 Å². The second-order valence-electron chi connectivity index (χ2n) is 5.93. The third-order valence-electron chi connectivity index (χ3n) is 3.87. The molecule has 0 aliphatic heterocycles. The topological polar surface area (TPSA) is 12.0 Å². The van der Waals surface area contributed by atoms with Gasteiger partial charge in [0.2, 0.25) is 0 Å². The van der Waals surface area contributed by atoms with Crippen LogP contribution in [0.1, 0.15) is 64.4 Å². The van der Waals surface area contributed by atoms with Crippen molar-refractivity contribution < 1.29 is 0 Å². The van der Waals surface area contributed by atoms with Crippen LogP contribution < -0.4 is 5.32 Å². The molecule has 1 aromatic rings. The van der Waals surface area contributed by atoms with Crippen LogP contribution in [0.25, 0.3) is 0 Å². The highest BCUT2D eigenvalue weighted by molar-refractivity contribution is 7.99. The molecular formula is C19H33NS. The van der Waals surface area contributed by atoms with E-state index in [9.17, 15) is 0 Å². The van der Waals surface area contributed by atoms with E-state index in [1.54, 1.807) is 0 Å². The largest absolute Gasteiger partial charge is 0.313 e. The fourth-order valence-corrected chi connectivity index (χ4v) is 3.63. The zero-order valence-electron chi connectivity index (χ0n) is 14.2. The summed E-state index contributed by atoms with van der Waals surface area (Å²) in [5.41, 5.74) is 1.40. The van der Waals surface area contributed by atoms with Gasteiger partial charge in [-0.25, -0.2) is 0 Å². The highest BCUT2D eigenvalue weighted by atomic mass is 32.2. The molecule has 0 saturated heterocycles. The fraction of sp³-hybridized carbons (Fsp3) is 0.684. The average Bonchev–Trinajstić information content (AvgIpc) is 2.50. The van der Waals surface area contributed by atoms with E-state index in [0.717, 1.165) is 6.54 Å². The number of aryl methyl sites for hydroxylation is 1. The van der Waals surface area contributed by atoms with Crippen LogP contribution in [0, 0.1) is 6.92 Å². The summed E-state index contributed by atoms with van der Waals surface area (Å²) in [6, 6.07) is 9.39. The first-order valence-corrected chi connectivity index (χ1v) is 9.68. The first kappa shape index (κ1) is 18.6. The minimum atomic E-state index is 0.663. The number of nitrogens with one attached hydrogen (secondary N) is 1. The van der Waals surface area contributed by atoms with Gasteiger partial charge < -0.3 is 5.32 Å². The molecule has 0 fully saturated rings. The van der Waals surface area contributed by atoms with E-state index < -0.39 is 0 Å². The molecule has 1 unspecified atom stereocenters. The SMILES string of the molecule is CCCCCCCC(CSc1ccccc1C)NCCC. The summed E-state index contributed by atoms with van der Waals surface area (Å²) in [4.78, 5) is 1.44. The third kappa shape index (κ3) is 8.53. The normalized spacial score (nSPS) is 12.5. The van der Waals surface area contributed by atoms with Crippen LogP contribution in [0.15, 0.2) is 29.2 Å². The van der Waals surface area contributed by atoms with Gasteiger partial charge in [0.1, 0.15) is 0 Å². The summed E-state index contributed by atoms with van der Waals surface area (Å²) in [5, 5.41) is 3.73. The summed E-state index contributed by atoms with van der Waals surface area (Å²) in [6.45, 7) is 7.89. The Balaban J connectivity index is 2.33. The maximum atomic E-state index is 3.73. The number of hydrogen-bond acceptors (Lipinski definition) is 2. The van der Waals surface area contributed by atoms with E-state index in [0.29, 0.717) is 6.04 Å². The zero-order chi connectivity index (χ0) is 15.3. The minimum absolute atomic E-state index is 0.663. The van der Waals surface area contributed by atoms with Gasteiger partial charge in [0.05, 0.1) is 0 Å². The van der Waals surface area contributed by atoms with E-state index in [4.69, 9.17) is 0 Å². The average molecular weight is 308 g/mol. The lowest BCUT2D eigenvalue weighted by molar-refractivity contribution is 0.485. The number of unbranched alkanes of at least 4 members (excludes halogenated alkanes) is 4. The van der Waals surface area contributed by atoms with Gasteiger partial charge in [-0.15, -0.1) is 11.8 Å². The van der Waals surface area contributed by atoms with Gasteiger partial charge in [0.15, 0.2) is 0 Å². The van der Waals surface area contributed by atoms with Gasteiger partial charge in [-0.1, -0.05) is 64.2 Å². The summed E-state index contributed by atoms with van der Waals surface area (Å²) in [7, 11) is 0. The van der Waals surface area contributed by atoms with Crippen molar-refractivity contribution in [3.63, 3.8) is 0 Å². The maximum absolute atomic E-state index is 3.73. The molecule has 0 amide bonds. The molecule has 1 rings (SSSR count). The Morgan fingerprint density at radius 2 is 1.76 bits per heavy atom. The molecule has 21 heavy (non-hydrogen) atoms. The third-order valence-corrected chi connectivity index (χ3v) is 5.21. The molecule has 0 spiro atoms. The van der Waals surface area contributed by atoms with Crippen molar-refractivity contribution in [3.05, 3.63) is 29.8 Å². The van der Waals surface area contributed by atoms with E-state index in [-0.39, 0.29) is 0 Å². The minimum Gasteiger partial charge on any atom is -0.313 e. The van der Waals surface area contributed by atoms with Crippen molar-refractivity contribution in [2.24, 2.45) is 0 Å². The van der Waals surface area contributed by atoms with Gasteiger partial charge in [0, 0.05) is 16.7 Å². The Bertz CT molecular complexity index is 364.